The van der Waals surface area contributed by atoms with Crippen LogP contribution in [0.25, 0.3) is 11.0 Å². The van der Waals surface area contributed by atoms with Gasteiger partial charge in [0.1, 0.15) is 12.2 Å². The molecular formula is C25H20IN3O6. The van der Waals surface area contributed by atoms with E-state index in [1.165, 1.54) is 18.3 Å². The van der Waals surface area contributed by atoms with Crippen LogP contribution in [0.4, 0.5) is 5.69 Å². The molecule has 3 aromatic carbocycles. The van der Waals surface area contributed by atoms with Crippen LogP contribution in [0.15, 0.2) is 76.2 Å². The molecule has 0 fully saturated rings. The number of nitrogens with one attached hydrogen (secondary N) is 1. The fourth-order valence-corrected chi connectivity index (χ4v) is 4.03. The van der Waals surface area contributed by atoms with Crippen LogP contribution in [0.2, 0.25) is 0 Å². The second-order valence-electron chi connectivity index (χ2n) is 7.32. The number of hydrogen-bond donors (Lipinski definition) is 1. The molecule has 0 atom stereocenters. The first-order valence-corrected chi connectivity index (χ1v) is 11.7. The normalized spacial score (nSPS) is 11.0. The second-order valence-corrected chi connectivity index (χ2v) is 8.49. The molecule has 0 aliphatic rings. The van der Waals surface area contributed by atoms with E-state index in [4.69, 9.17) is 13.9 Å². The number of benzene rings is 3. The van der Waals surface area contributed by atoms with Gasteiger partial charge in [0.15, 0.2) is 17.3 Å². The Morgan fingerprint density at radius 3 is 2.63 bits per heavy atom. The highest BCUT2D eigenvalue weighted by Crippen LogP contribution is 2.34. The molecule has 178 valence electrons. The van der Waals surface area contributed by atoms with Crippen LogP contribution < -0.4 is 14.9 Å². The SMILES string of the molecule is CCOc1cc(/C=N/NC(=O)c2cc3ccccc3o2)cc(I)c1OCc1ccc([N+](=O)[O-])cc1. The Hall–Kier alpha value is -3.93. The Kier molecular flexibility index (Phi) is 7.60. The zero-order valence-corrected chi connectivity index (χ0v) is 20.7. The van der Waals surface area contributed by atoms with Gasteiger partial charge in [-0.05, 0) is 77.0 Å². The molecule has 0 bridgehead atoms. The largest absolute Gasteiger partial charge is 0.490 e. The summed E-state index contributed by atoms with van der Waals surface area (Å²) in [4.78, 5) is 22.8. The number of carbonyl (C=O) groups excluding carboxylic acids is 1. The lowest BCUT2D eigenvalue weighted by Gasteiger charge is -2.14. The molecule has 4 aromatic rings. The summed E-state index contributed by atoms with van der Waals surface area (Å²) >= 11 is 2.13. The minimum Gasteiger partial charge on any atom is -0.490 e. The average molecular weight is 585 g/mol. The van der Waals surface area contributed by atoms with Crippen LogP contribution in [0.1, 0.15) is 28.6 Å². The molecule has 0 aliphatic heterocycles. The number of rotatable bonds is 9. The molecule has 0 saturated heterocycles. The van der Waals surface area contributed by atoms with Crippen LogP contribution >= 0.6 is 22.6 Å². The molecule has 1 heterocycles. The summed E-state index contributed by atoms with van der Waals surface area (Å²) in [6, 6.07) is 18.8. The Morgan fingerprint density at radius 2 is 1.91 bits per heavy atom. The van der Waals surface area contributed by atoms with Crippen molar-refractivity contribution in [3.63, 3.8) is 0 Å². The average Bonchev–Trinajstić information content (AvgIpc) is 3.28. The van der Waals surface area contributed by atoms with E-state index in [9.17, 15) is 14.9 Å². The summed E-state index contributed by atoms with van der Waals surface area (Å²) in [6.45, 7) is 2.50. The number of amides is 1. The van der Waals surface area contributed by atoms with Crippen molar-refractivity contribution < 1.29 is 23.6 Å². The van der Waals surface area contributed by atoms with E-state index in [1.807, 2.05) is 31.2 Å². The highest BCUT2D eigenvalue weighted by Gasteiger charge is 2.14. The first-order valence-electron chi connectivity index (χ1n) is 10.6. The number of hydrogen-bond acceptors (Lipinski definition) is 7. The minimum atomic E-state index is -0.458. The first kappa shape index (κ1) is 24.2. The number of carbonyl (C=O) groups is 1. The third kappa shape index (κ3) is 5.96. The summed E-state index contributed by atoms with van der Waals surface area (Å²) in [5, 5.41) is 15.7. The van der Waals surface area contributed by atoms with Gasteiger partial charge in [0.05, 0.1) is 21.3 Å². The maximum absolute atomic E-state index is 12.4. The van der Waals surface area contributed by atoms with E-state index >= 15 is 0 Å². The maximum atomic E-state index is 12.4. The lowest BCUT2D eigenvalue weighted by Crippen LogP contribution is -2.16. The number of furan rings is 1. The molecule has 0 spiro atoms. The maximum Gasteiger partial charge on any atom is 0.307 e. The first-order chi connectivity index (χ1) is 16.9. The van der Waals surface area contributed by atoms with Crippen LogP contribution in [0.5, 0.6) is 11.5 Å². The molecule has 10 heteroatoms. The van der Waals surface area contributed by atoms with Crippen molar-refractivity contribution in [2.75, 3.05) is 6.61 Å². The molecular weight excluding hydrogens is 565 g/mol. The third-order valence-electron chi connectivity index (χ3n) is 4.89. The number of nitro groups is 1. The number of ether oxygens (including phenoxy) is 2. The summed E-state index contributed by atoms with van der Waals surface area (Å²) in [6.07, 6.45) is 1.51. The molecule has 0 aliphatic carbocycles. The predicted molar refractivity (Wildman–Crippen MR) is 139 cm³/mol. The molecule has 1 amide bonds. The van der Waals surface area contributed by atoms with Crippen molar-refractivity contribution in [3.05, 3.63) is 97.3 Å². The smallest absolute Gasteiger partial charge is 0.307 e. The van der Waals surface area contributed by atoms with Gasteiger partial charge < -0.3 is 13.9 Å². The summed E-state index contributed by atoms with van der Waals surface area (Å²) in [5.74, 6) is 0.781. The van der Waals surface area contributed by atoms with Gasteiger partial charge >= 0.3 is 5.91 Å². The number of fused-ring (bicyclic) bond motifs is 1. The van der Waals surface area contributed by atoms with Crippen molar-refractivity contribution in [1.29, 1.82) is 0 Å². The van der Waals surface area contributed by atoms with Gasteiger partial charge in [-0.25, -0.2) is 5.43 Å². The van der Waals surface area contributed by atoms with Gasteiger partial charge in [-0.1, -0.05) is 18.2 Å². The fraction of sp³-hybridized carbons (Fsp3) is 0.120. The van der Waals surface area contributed by atoms with Crippen molar-refractivity contribution in [2.45, 2.75) is 13.5 Å². The van der Waals surface area contributed by atoms with E-state index in [0.717, 1.165) is 14.5 Å². The quantitative estimate of drug-likeness (QED) is 0.117. The van der Waals surface area contributed by atoms with E-state index in [1.54, 1.807) is 30.3 Å². The van der Waals surface area contributed by atoms with E-state index < -0.39 is 10.8 Å². The highest BCUT2D eigenvalue weighted by atomic mass is 127. The van der Waals surface area contributed by atoms with Crippen LogP contribution in [-0.4, -0.2) is 23.7 Å². The number of nitrogens with zero attached hydrogens (tertiary/aromatic N) is 2. The topological polar surface area (TPSA) is 116 Å². The zero-order valence-electron chi connectivity index (χ0n) is 18.6. The van der Waals surface area contributed by atoms with Crippen LogP contribution in [0, 0.1) is 13.7 Å². The lowest BCUT2D eigenvalue weighted by atomic mass is 10.2. The Balaban J connectivity index is 1.45. The lowest BCUT2D eigenvalue weighted by molar-refractivity contribution is -0.384. The van der Waals surface area contributed by atoms with Crippen molar-refractivity contribution in [2.24, 2.45) is 5.10 Å². The Morgan fingerprint density at radius 1 is 1.14 bits per heavy atom. The molecule has 0 saturated carbocycles. The van der Waals surface area contributed by atoms with Crippen LogP contribution in [0.3, 0.4) is 0 Å². The van der Waals surface area contributed by atoms with Gasteiger partial charge in [0, 0.05) is 17.5 Å². The molecule has 9 nitrogen and oxygen atoms in total. The molecule has 35 heavy (non-hydrogen) atoms. The van der Waals surface area contributed by atoms with Gasteiger partial charge in [0.2, 0.25) is 0 Å². The molecule has 1 aromatic heterocycles. The summed E-state index contributed by atoms with van der Waals surface area (Å²) in [7, 11) is 0. The van der Waals surface area contributed by atoms with Gasteiger partial charge in [0.25, 0.3) is 5.69 Å². The number of non-ortho nitro benzene ring substituents is 1. The number of nitro benzene ring substituents is 1. The molecule has 0 radical (unpaired) electrons. The zero-order chi connectivity index (χ0) is 24.8. The van der Waals surface area contributed by atoms with Gasteiger partial charge in [-0.3, -0.25) is 14.9 Å². The second kappa shape index (κ2) is 11.0. The standard InChI is InChI=1S/C25H20IN3O6/c1-2-33-22-12-17(14-27-28-25(30)23-13-18-5-3-4-6-21(18)35-23)11-20(26)24(22)34-15-16-7-9-19(10-8-16)29(31)32/h3-14H,2,15H2,1H3,(H,28,30)/b27-14+. The minimum absolute atomic E-state index is 0.0226. The van der Waals surface area contributed by atoms with Crippen molar-refractivity contribution in [1.82, 2.24) is 5.43 Å². The monoisotopic (exact) mass is 585 g/mol. The van der Waals surface area contributed by atoms with E-state index in [0.29, 0.717) is 29.3 Å². The number of hydrazone groups is 1. The molecule has 0 unspecified atom stereocenters. The Bertz CT molecular complexity index is 1370. The number of halogens is 1. The number of para-hydroxylation sites is 1. The van der Waals surface area contributed by atoms with E-state index in [-0.39, 0.29) is 18.1 Å². The van der Waals surface area contributed by atoms with Gasteiger partial charge in [-0.15, -0.1) is 0 Å². The van der Waals surface area contributed by atoms with Crippen molar-refractivity contribution in [3.8, 4) is 11.5 Å². The summed E-state index contributed by atoms with van der Waals surface area (Å²) < 4.78 is 18.0. The van der Waals surface area contributed by atoms with E-state index in [2.05, 4.69) is 33.1 Å². The highest BCUT2D eigenvalue weighted by molar-refractivity contribution is 14.1. The third-order valence-corrected chi connectivity index (χ3v) is 5.69. The predicted octanol–water partition coefficient (Wildman–Crippen LogP) is 5.69. The fourth-order valence-electron chi connectivity index (χ4n) is 3.25. The summed E-state index contributed by atoms with van der Waals surface area (Å²) in [5.41, 5.74) is 4.60. The Labute approximate surface area is 214 Å². The molecule has 4 rings (SSSR count). The van der Waals surface area contributed by atoms with Crippen molar-refractivity contribution >= 4 is 51.4 Å². The molecule has 1 N–H and O–H groups in total. The van der Waals surface area contributed by atoms with Gasteiger partial charge in [-0.2, -0.15) is 5.10 Å². The van der Waals surface area contributed by atoms with Crippen LogP contribution in [-0.2, 0) is 6.61 Å².